The quantitative estimate of drug-likeness (QED) is 0.375. The average Bonchev–Trinajstić information content (AvgIpc) is 2.79. The molecule has 0 aliphatic rings. The topological polar surface area (TPSA) is 65.2 Å². The van der Waals surface area contributed by atoms with Crippen LogP contribution in [0.25, 0.3) is 0 Å². The largest absolute Gasteiger partial charge is 0.507 e. The van der Waals surface area contributed by atoms with Gasteiger partial charge in [-0.25, -0.2) is 0 Å². The molecular weight excluding hydrogens is 384 g/mol. The van der Waals surface area contributed by atoms with E-state index in [-0.39, 0.29) is 11.5 Å². The van der Waals surface area contributed by atoms with E-state index in [0.717, 1.165) is 22.5 Å². The first-order valence-corrected chi connectivity index (χ1v) is 9.99. The maximum atomic E-state index is 10.4. The molecule has 0 aliphatic carbocycles. The van der Waals surface area contributed by atoms with Crippen LogP contribution < -0.4 is 0 Å². The molecule has 2 N–H and O–H groups in total. The van der Waals surface area contributed by atoms with Gasteiger partial charge in [0, 0.05) is 23.6 Å². The molecular formula is C27H22N2O2. The van der Waals surface area contributed by atoms with Crippen molar-refractivity contribution in [2.45, 2.75) is 6.42 Å². The fraction of sp³-hybridized carbons (Fsp3) is 0.0370. The molecule has 152 valence electrons. The molecule has 31 heavy (non-hydrogen) atoms. The predicted octanol–water partition coefficient (Wildman–Crippen LogP) is 6.19. The van der Waals surface area contributed by atoms with Crippen molar-refractivity contribution in [2.75, 3.05) is 0 Å². The first kappa shape index (κ1) is 20.1. The van der Waals surface area contributed by atoms with Crippen LogP contribution in [0.1, 0.15) is 22.3 Å². The zero-order chi connectivity index (χ0) is 21.5. The van der Waals surface area contributed by atoms with Crippen molar-refractivity contribution < 1.29 is 10.2 Å². The van der Waals surface area contributed by atoms with Gasteiger partial charge in [0.15, 0.2) is 0 Å². The summed E-state index contributed by atoms with van der Waals surface area (Å²) in [5.41, 5.74) is 4.86. The summed E-state index contributed by atoms with van der Waals surface area (Å²) in [4.78, 5) is 8.76. The van der Waals surface area contributed by atoms with Gasteiger partial charge in [-0.05, 0) is 66.1 Å². The number of para-hydroxylation sites is 2. The number of rotatable bonds is 6. The van der Waals surface area contributed by atoms with Crippen LogP contribution >= 0.6 is 0 Å². The van der Waals surface area contributed by atoms with Gasteiger partial charge in [0.2, 0.25) is 0 Å². The molecule has 4 rings (SSSR count). The van der Waals surface area contributed by atoms with Gasteiger partial charge in [-0.1, -0.05) is 48.5 Å². The lowest BCUT2D eigenvalue weighted by atomic mass is 10.0. The monoisotopic (exact) mass is 406 g/mol. The summed E-state index contributed by atoms with van der Waals surface area (Å²) in [6.07, 6.45) is 3.90. The zero-order valence-electron chi connectivity index (χ0n) is 16.9. The highest BCUT2D eigenvalue weighted by molar-refractivity contribution is 5.86. The van der Waals surface area contributed by atoms with Gasteiger partial charge in [0.1, 0.15) is 11.5 Å². The lowest BCUT2D eigenvalue weighted by molar-refractivity contribution is 0.473. The van der Waals surface area contributed by atoms with Crippen molar-refractivity contribution in [1.29, 1.82) is 0 Å². The summed E-state index contributed by atoms with van der Waals surface area (Å²) in [6, 6.07) is 30.2. The van der Waals surface area contributed by atoms with Gasteiger partial charge < -0.3 is 10.2 Å². The third kappa shape index (κ3) is 5.46. The van der Waals surface area contributed by atoms with E-state index >= 15 is 0 Å². The van der Waals surface area contributed by atoms with Crippen LogP contribution in [-0.4, -0.2) is 22.6 Å². The molecule has 0 radical (unpaired) electrons. The van der Waals surface area contributed by atoms with E-state index in [1.807, 2.05) is 84.9 Å². The zero-order valence-corrected chi connectivity index (χ0v) is 16.9. The van der Waals surface area contributed by atoms with Gasteiger partial charge in [0.05, 0.1) is 11.4 Å². The van der Waals surface area contributed by atoms with E-state index in [0.29, 0.717) is 17.5 Å². The van der Waals surface area contributed by atoms with Gasteiger partial charge in [-0.3, -0.25) is 9.98 Å². The number of nitrogens with zero attached hydrogens (tertiary/aromatic N) is 2. The third-order valence-corrected chi connectivity index (χ3v) is 4.82. The summed E-state index contributed by atoms with van der Waals surface area (Å²) >= 11 is 0. The number of aliphatic imine (C=N–C) groups is 2. The third-order valence-electron chi connectivity index (χ3n) is 4.82. The molecule has 0 aromatic heterocycles. The van der Waals surface area contributed by atoms with E-state index < -0.39 is 0 Å². The summed E-state index contributed by atoms with van der Waals surface area (Å²) in [5, 5.41) is 20.7. The molecule has 0 bridgehead atoms. The summed E-state index contributed by atoms with van der Waals surface area (Å²) in [6.45, 7) is 0. The van der Waals surface area contributed by atoms with Gasteiger partial charge in [0.25, 0.3) is 0 Å². The van der Waals surface area contributed by atoms with E-state index in [1.165, 1.54) is 0 Å². The van der Waals surface area contributed by atoms with Crippen LogP contribution in [0, 0.1) is 0 Å². The number of phenols is 2. The Hall–Kier alpha value is -4.18. The minimum Gasteiger partial charge on any atom is -0.507 e. The molecule has 0 atom stereocenters. The van der Waals surface area contributed by atoms with Crippen molar-refractivity contribution in [3.63, 3.8) is 0 Å². The molecule has 0 amide bonds. The van der Waals surface area contributed by atoms with Crippen LogP contribution in [0.15, 0.2) is 107 Å². The summed E-state index contributed by atoms with van der Waals surface area (Å²) in [7, 11) is 0. The number of hydrogen-bond acceptors (Lipinski definition) is 4. The van der Waals surface area contributed by atoms with Crippen LogP contribution in [0.2, 0.25) is 0 Å². The Labute approximate surface area is 181 Å². The molecule has 0 saturated heterocycles. The molecule has 4 heteroatoms. The molecule has 0 aliphatic heterocycles. The average molecular weight is 406 g/mol. The molecule has 0 heterocycles. The molecule has 4 nitrogen and oxygen atoms in total. The van der Waals surface area contributed by atoms with Crippen LogP contribution in [0.3, 0.4) is 0 Å². The molecule has 0 unspecified atom stereocenters. The van der Waals surface area contributed by atoms with Crippen molar-refractivity contribution in [3.8, 4) is 11.5 Å². The second kappa shape index (κ2) is 9.55. The van der Waals surface area contributed by atoms with E-state index in [4.69, 9.17) is 0 Å². The normalized spacial score (nSPS) is 11.4. The van der Waals surface area contributed by atoms with Crippen molar-refractivity contribution >= 4 is 23.8 Å². The van der Waals surface area contributed by atoms with E-state index in [1.54, 1.807) is 24.6 Å². The number of benzene rings is 4. The van der Waals surface area contributed by atoms with Crippen molar-refractivity contribution in [2.24, 2.45) is 9.98 Å². The smallest absolute Gasteiger partial charge is 0.124 e. The summed E-state index contributed by atoms with van der Waals surface area (Å²) in [5.74, 6) is 0.348. The first-order valence-electron chi connectivity index (χ1n) is 9.99. The number of phenolic OH excluding ortho intramolecular Hbond substituents is 2. The van der Waals surface area contributed by atoms with Crippen LogP contribution in [-0.2, 0) is 6.42 Å². The van der Waals surface area contributed by atoms with Crippen LogP contribution in [0.4, 0.5) is 11.4 Å². The fourth-order valence-corrected chi connectivity index (χ4v) is 3.17. The Morgan fingerprint density at radius 3 is 1.35 bits per heavy atom. The Kier molecular flexibility index (Phi) is 6.19. The Morgan fingerprint density at radius 1 is 0.548 bits per heavy atom. The maximum absolute atomic E-state index is 10.4. The number of aromatic hydroxyl groups is 2. The standard InChI is InChI=1S/C27H22N2O2/c30-26-16-20(11-13-22(26)18-28-24-7-3-1-4-8-24)15-21-12-14-23(27(31)17-21)19-29-25-9-5-2-6-10-25/h1-14,16-19,30-31H,15H2/b28-18+,29-19+. The Bertz CT molecular complexity index is 1120. The van der Waals surface area contributed by atoms with Crippen molar-refractivity contribution in [3.05, 3.63) is 119 Å². The first-order chi connectivity index (χ1) is 15.2. The molecule has 0 saturated carbocycles. The molecule has 0 fully saturated rings. The Morgan fingerprint density at radius 2 is 0.968 bits per heavy atom. The van der Waals surface area contributed by atoms with E-state index in [2.05, 4.69) is 9.98 Å². The predicted molar refractivity (Wildman–Crippen MR) is 126 cm³/mol. The minimum atomic E-state index is 0.174. The number of hydrogen-bond donors (Lipinski definition) is 2. The second-order valence-electron chi connectivity index (χ2n) is 7.15. The fourth-order valence-electron chi connectivity index (χ4n) is 3.17. The van der Waals surface area contributed by atoms with Gasteiger partial charge in [-0.15, -0.1) is 0 Å². The summed E-state index contributed by atoms with van der Waals surface area (Å²) < 4.78 is 0. The lowest BCUT2D eigenvalue weighted by Crippen LogP contribution is -1.92. The van der Waals surface area contributed by atoms with E-state index in [9.17, 15) is 10.2 Å². The molecule has 4 aromatic rings. The molecule has 0 spiro atoms. The maximum Gasteiger partial charge on any atom is 0.124 e. The Balaban J connectivity index is 1.45. The molecule has 4 aromatic carbocycles. The van der Waals surface area contributed by atoms with Crippen molar-refractivity contribution in [1.82, 2.24) is 0 Å². The highest BCUT2D eigenvalue weighted by Gasteiger charge is 2.05. The minimum absolute atomic E-state index is 0.174. The second-order valence-corrected chi connectivity index (χ2v) is 7.15. The highest BCUT2D eigenvalue weighted by Crippen LogP contribution is 2.24. The highest BCUT2D eigenvalue weighted by atomic mass is 16.3. The van der Waals surface area contributed by atoms with Gasteiger partial charge >= 0.3 is 0 Å². The lowest BCUT2D eigenvalue weighted by Gasteiger charge is -2.07. The van der Waals surface area contributed by atoms with Gasteiger partial charge in [-0.2, -0.15) is 0 Å². The van der Waals surface area contributed by atoms with Crippen LogP contribution in [0.5, 0.6) is 11.5 Å². The SMILES string of the molecule is Oc1cc(Cc2ccc(/C=N/c3ccccc3)c(O)c2)ccc1/C=N/c1ccccc1.